The molecule has 0 aliphatic carbocycles. The Bertz CT molecular complexity index is 1300. The van der Waals surface area contributed by atoms with Gasteiger partial charge in [0.05, 0.1) is 40.8 Å². The molecule has 2 aromatic rings. The Morgan fingerprint density at radius 2 is 1.97 bits per heavy atom. The molecule has 1 aromatic heterocycles. The number of thioether (sulfide) groups is 1. The molecule has 0 fully saturated rings. The second-order valence-electron chi connectivity index (χ2n) is 8.14. The summed E-state index contributed by atoms with van der Waals surface area (Å²) in [5.74, 6) is -8.24. The highest BCUT2D eigenvalue weighted by Gasteiger charge is 2.50. The van der Waals surface area contributed by atoms with E-state index in [1.54, 1.807) is 0 Å². The lowest BCUT2D eigenvalue weighted by atomic mass is 9.73. The molecule has 1 aliphatic heterocycles. The molecule has 0 bridgehead atoms. The number of ether oxygens (including phenoxy) is 2. The number of benzene rings is 1. The average Bonchev–Trinajstić information content (AvgIpc) is 3.26. The number of nitrogen functional groups attached to an aromatic ring is 1. The van der Waals surface area contributed by atoms with Crippen LogP contribution in [0.25, 0.3) is 0 Å². The summed E-state index contributed by atoms with van der Waals surface area (Å²) in [6.07, 6.45) is -6.00. The monoisotopic (exact) mass is 581 g/mol. The van der Waals surface area contributed by atoms with E-state index in [-0.39, 0.29) is 22.6 Å². The number of halogens is 6. The second-order valence-corrected chi connectivity index (χ2v) is 9.49. The first-order valence-corrected chi connectivity index (χ1v) is 12.2. The van der Waals surface area contributed by atoms with Crippen LogP contribution in [-0.4, -0.2) is 58.5 Å². The van der Waals surface area contributed by atoms with Gasteiger partial charge in [0.2, 0.25) is 11.1 Å². The molecule has 0 saturated heterocycles. The van der Waals surface area contributed by atoms with E-state index in [1.807, 2.05) is 0 Å². The largest absolute Gasteiger partial charge is 0.468 e. The SMILES string of the molecule is COC(=O)C1C(CF)=NC(CSc2n[nH]c(N)n2)=C(C(=O)OC(C)C)C1c1c(F)ccc(Cl)c1C(F)(F)F. The number of hydrogen-bond acceptors (Lipinski definition) is 9. The van der Waals surface area contributed by atoms with Crippen LogP contribution in [0.15, 0.2) is 33.6 Å². The first-order valence-electron chi connectivity index (χ1n) is 10.8. The standard InChI is InChI=1S/C22H21ClF5N5O4S/c1-8(2)37-19(35)15-12(7-38-21-31-20(29)32-33-21)30-11(6-24)14(18(34)36-3)16(15)13-10(25)5-4-9(23)17(13)22(26,27)28/h4-5,8,14,16H,6-7H2,1-3H3,(H3,29,31,32,33). The summed E-state index contributed by atoms with van der Waals surface area (Å²) in [7, 11) is 0.906. The predicted molar refractivity (Wildman–Crippen MR) is 128 cm³/mol. The molecule has 9 nitrogen and oxygen atoms in total. The molecule has 38 heavy (non-hydrogen) atoms. The third kappa shape index (κ3) is 6.09. The number of rotatable bonds is 8. The van der Waals surface area contributed by atoms with Crippen LogP contribution in [0.2, 0.25) is 5.02 Å². The van der Waals surface area contributed by atoms with Crippen molar-refractivity contribution in [3.05, 3.63) is 45.4 Å². The van der Waals surface area contributed by atoms with Crippen LogP contribution in [0, 0.1) is 11.7 Å². The third-order valence-electron chi connectivity index (χ3n) is 5.30. The zero-order chi connectivity index (χ0) is 28.4. The lowest BCUT2D eigenvalue weighted by molar-refractivity contribution is -0.146. The predicted octanol–water partition coefficient (Wildman–Crippen LogP) is 4.49. The highest BCUT2D eigenvalue weighted by molar-refractivity contribution is 7.99. The van der Waals surface area contributed by atoms with Gasteiger partial charge in [-0.25, -0.2) is 18.7 Å². The van der Waals surface area contributed by atoms with Gasteiger partial charge in [-0.15, -0.1) is 5.10 Å². The third-order valence-corrected chi connectivity index (χ3v) is 6.48. The fourth-order valence-electron chi connectivity index (χ4n) is 3.91. The van der Waals surface area contributed by atoms with Crippen LogP contribution in [0.5, 0.6) is 0 Å². The van der Waals surface area contributed by atoms with Gasteiger partial charge in [0.1, 0.15) is 18.4 Å². The molecule has 16 heteroatoms. The van der Waals surface area contributed by atoms with Crippen molar-refractivity contribution in [3.63, 3.8) is 0 Å². The minimum Gasteiger partial charge on any atom is -0.468 e. The van der Waals surface area contributed by atoms with Crippen molar-refractivity contribution in [1.82, 2.24) is 15.2 Å². The number of alkyl halides is 4. The summed E-state index contributed by atoms with van der Waals surface area (Å²) in [6, 6.07) is 1.34. The Kier molecular flexibility index (Phi) is 9.02. The number of methoxy groups -OCH3 is 1. The summed E-state index contributed by atoms with van der Waals surface area (Å²) in [5, 5.41) is 5.36. The molecule has 3 N–H and O–H groups in total. The molecule has 0 saturated carbocycles. The van der Waals surface area contributed by atoms with Gasteiger partial charge in [-0.05, 0) is 26.0 Å². The van der Waals surface area contributed by atoms with Crippen molar-refractivity contribution in [2.24, 2.45) is 10.9 Å². The van der Waals surface area contributed by atoms with E-state index in [9.17, 15) is 27.2 Å². The van der Waals surface area contributed by atoms with Crippen molar-refractivity contribution in [1.29, 1.82) is 0 Å². The van der Waals surface area contributed by atoms with E-state index < -0.39 is 76.0 Å². The number of aliphatic imine (C=N–C) groups is 1. The van der Waals surface area contributed by atoms with Gasteiger partial charge in [-0.2, -0.15) is 18.2 Å². The molecule has 3 rings (SSSR count). The van der Waals surface area contributed by atoms with Crippen molar-refractivity contribution >= 4 is 47.0 Å². The van der Waals surface area contributed by atoms with Gasteiger partial charge in [-0.1, -0.05) is 23.4 Å². The highest BCUT2D eigenvalue weighted by atomic mass is 35.5. The number of esters is 2. The van der Waals surface area contributed by atoms with Crippen molar-refractivity contribution in [2.45, 2.75) is 37.2 Å². The number of H-pyrrole nitrogens is 1. The summed E-state index contributed by atoms with van der Waals surface area (Å²) in [4.78, 5) is 34.1. The maximum absolute atomic E-state index is 15.3. The molecular weight excluding hydrogens is 561 g/mol. The maximum Gasteiger partial charge on any atom is 0.418 e. The molecule has 0 spiro atoms. The number of anilines is 1. The van der Waals surface area contributed by atoms with Gasteiger partial charge in [0.15, 0.2) is 0 Å². The van der Waals surface area contributed by atoms with Crippen LogP contribution in [0.4, 0.5) is 27.9 Å². The molecular formula is C22H21ClF5N5O4S. The molecule has 0 radical (unpaired) electrons. The van der Waals surface area contributed by atoms with E-state index in [4.69, 9.17) is 26.8 Å². The zero-order valence-corrected chi connectivity index (χ0v) is 21.6. The summed E-state index contributed by atoms with van der Waals surface area (Å²) in [5.41, 5.74) is 1.24. The Morgan fingerprint density at radius 3 is 2.50 bits per heavy atom. The number of hydrogen-bond donors (Lipinski definition) is 2. The quantitative estimate of drug-likeness (QED) is 0.265. The molecule has 2 heterocycles. The van der Waals surface area contributed by atoms with Crippen molar-refractivity contribution < 1.29 is 41.0 Å². The Balaban J connectivity index is 2.37. The number of nitrogens with zero attached hydrogens (tertiary/aromatic N) is 3. The van der Waals surface area contributed by atoms with Gasteiger partial charge < -0.3 is 15.2 Å². The topological polar surface area (TPSA) is 133 Å². The lowest BCUT2D eigenvalue weighted by Crippen LogP contribution is -2.40. The van der Waals surface area contributed by atoms with Crippen molar-refractivity contribution in [2.75, 3.05) is 25.3 Å². The van der Waals surface area contributed by atoms with E-state index in [2.05, 4.69) is 20.2 Å². The van der Waals surface area contributed by atoms with Crippen molar-refractivity contribution in [3.8, 4) is 0 Å². The fraction of sp³-hybridized carbons (Fsp3) is 0.409. The van der Waals surface area contributed by atoms with E-state index in [0.717, 1.165) is 18.9 Å². The van der Waals surface area contributed by atoms with Gasteiger partial charge >= 0.3 is 18.1 Å². The number of aromatic nitrogens is 3. The molecule has 206 valence electrons. The summed E-state index contributed by atoms with van der Waals surface area (Å²) in [6.45, 7) is 1.51. The first-order chi connectivity index (χ1) is 17.8. The number of carbonyl (C=O) groups excluding carboxylic acids is 2. The Morgan fingerprint density at radius 1 is 1.29 bits per heavy atom. The van der Waals surface area contributed by atoms with Crippen LogP contribution in [0.1, 0.15) is 30.9 Å². The summed E-state index contributed by atoms with van der Waals surface area (Å²) < 4.78 is 82.1. The normalized spacial score (nSPS) is 18.0. The number of carbonyl (C=O) groups is 2. The average molecular weight is 582 g/mol. The minimum absolute atomic E-state index is 0.0445. The molecule has 1 aromatic carbocycles. The van der Waals surface area contributed by atoms with Gasteiger partial charge in [0, 0.05) is 17.2 Å². The van der Waals surface area contributed by atoms with E-state index >= 15 is 4.39 Å². The number of aromatic amines is 1. The van der Waals surface area contributed by atoms with Crippen LogP contribution >= 0.6 is 23.4 Å². The smallest absolute Gasteiger partial charge is 0.418 e. The molecule has 0 amide bonds. The zero-order valence-electron chi connectivity index (χ0n) is 20.0. The van der Waals surface area contributed by atoms with Gasteiger partial charge in [-0.3, -0.25) is 9.79 Å². The minimum atomic E-state index is -5.22. The second kappa shape index (κ2) is 11.7. The first kappa shape index (κ1) is 29.4. The van der Waals surface area contributed by atoms with Crippen LogP contribution in [-0.2, 0) is 25.2 Å². The fourth-order valence-corrected chi connectivity index (χ4v) is 4.94. The lowest BCUT2D eigenvalue weighted by Gasteiger charge is -2.34. The Labute approximate surface area is 222 Å². The molecule has 2 atom stereocenters. The van der Waals surface area contributed by atoms with E-state index in [0.29, 0.717) is 12.1 Å². The van der Waals surface area contributed by atoms with Gasteiger partial charge in [0.25, 0.3) is 0 Å². The van der Waals surface area contributed by atoms with Crippen LogP contribution in [0.3, 0.4) is 0 Å². The number of nitrogens with two attached hydrogens (primary N) is 1. The summed E-state index contributed by atoms with van der Waals surface area (Å²) >= 11 is 6.70. The highest BCUT2D eigenvalue weighted by Crippen LogP contribution is 2.48. The molecule has 1 aliphatic rings. The van der Waals surface area contributed by atoms with Crippen LogP contribution < -0.4 is 5.73 Å². The maximum atomic E-state index is 15.3. The Hall–Kier alpha value is -3.20. The van der Waals surface area contributed by atoms with E-state index in [1.165, 1.54) is 13.8 Å². The number of nitrogens with one attached hydrogen (secondary N) is 1. The molecule has 2 unspecified atom stereocenters.